The van der Waals surface area contributed by atoms with Crippen molar-refractivity contribution in [3.63, 3.8) is 0 Å². The number of halogens is 3. The van der Waals surface area contributed by atoms with Crippen LogP contribution in [0.4, 0.5) is 13.2 Å². The number of pyridine rings is 1. The van der Waals surface area contributed by atoms with E-state index in [2.05, 4.69) is 4.98 Å². The summed E-state index contributed by atoms with van der Waals surface area (Å²) in [4.78, 5) is 15.7. The molecular formula is C11H6F3NOS. The molecular weight excluding hydrogens is 251 g/mol. The van der Waals surface area contributed by atoms with Crippen molar-refractivity contribution in [1.82, 2.24) is 4.98 Å². The molecule has 0 unspecified atom stereocenters. The average molecular weight is 257 g/mol. The molecule has 0 aliphatic carbocycles. The second-order valence-corrected chi connectivity index (χ2v) is 4.17. The molecule has 0 amide bonds. The van der Waals surface area contributed by atoms with Crippen LogP contribution in [0.1, 0.15) is 20.8 Å². The molecule has 0 aliphatic rings. The highest BCUT2D eigenvalue weighted by atomic mass is 32.1. The Morgan fingerprint density at radius 1 is 1.29 bits per heavy atom. The van der Waals surface area contributed by atoms with Crippen LogP contribution in [0.3, 0.4) is 0 Å². The van der Waals surface area contributed by atoms with Crippen molar-refractivity contribution in [2.45, 2.75) is 6.18 Å². The maximum atomic E-state index is 12.7. The van der Waals surface area contributed by atoms with Crippen LogP contribution in [-0.2, 0) is 6.18 Å². The standard InChI is InChI=1S/C11H6F3NOS/c12-11(13,14)8-3-4-15-6-7(8)10(16)9-2-1-5-17-9/h1-6H. The smallest absolute Gasteiger partial charge is 0.288 e. The maximum absolute atomic E-state index is 12.7. The van der Waals surface area contributed by atoms with Gasteiger partial charge < -0.3 is 0 Å². The van der Waals surface area contributed by atoms with Gasteiger partial charge in [-0.1, -0.05) is 6.07 Å². The molecule has 0 spiro atoms. The molecule has 0 saturated heterocycles. The van der Waals surface area contributed by atoms with Crippen molar-refractivity contribution in [3.05, 3.63) is 52.0 Å². The summed E-state index contributed by atoms with van der Waals surface area (Å²) in [5.74, 6) is -0.652. The summed E-state index contributed by atoms with van der Waals surface area (Å²) in [7, 11) is 0. The third-order valence-corrected chi connectivity index (χ3v) is 2.98. The Hall–Kier alpha value is -1.69. The van der Waals surface area contributed by atoms with E-state index in [1.54, 1.807) is 11.4 Å². The topological polar surface area (TPSA) is 30.0 Å². The van der Waals surface area contributed by atoms with Crippen LogP contribution in [0.15, 0.2) is 36.0 Å². The summed E-state index contributed by atoms with van der Waals surface area (Å²) < 4.78 is 38.0. The quantitative estimate of drug-likeness (QED) is 0.772. The zero-order valence-corrected chi connectivity index (χ0v) is 9.18. The molecule has 88 valence electrons. The van der Waals surface area contributed by atoms with E-state index in [4.69, 9.17) is 0 Å². The molecule has 2 aromatic heterocycles. The Balaban J connectivity index is 2.50. The number of thiophene rings is 1. The maximum Gasteiger partial charge on any atom is 0.417 e. The molecule has 2 heterocycles. The number of ketones is 1. The molecule has 0 fully saturated rings. The number of alkyl halides is 3. The highest BCUT2D eigenvalue weighted by Gasteiger charge is 2.35. The predicted octanol–water partition coefficient (Wildman–Crippen LogP) is 3.39. The Morgan fingerprint density at radius 2 is 2.06 bits per heavy atom. The van der Waals surface area contributed by atoms with Crippen LogP contribution in [0.25, 0.3) is 0 Å². The highest BCUT2D eigenvalue weighted by Crippen LogP contribution is 2.32. The summed E-state index contributed by atoms with van der Waals surface area (Å²) in [5.41, 5.74) is -1.37. The molecule has 6 heteroatoms. The molecule has 17 heavy (non-hydrogen) atoms. The van der Waals surface area contributed by atoms with Gasteiger partial charge in [-0.2, -0.15) is 13.2 Å². The van der Waals surface area contributed by atoms with Crippen molar-refractivity contribution in [2.24, 2.45) is 0 Å². The van der Waals surface area contributed by atoms with E-state index in [1.807, 2.05) is 0 Å². The van der Waals surface area contributed by atoms with Crippen LogP contribution < -0.4 is 0 Å². The van der Waals surface area contributed by atoms with Gasteiger partial charge in [0.25, 0.3) is 0 Å². The monoisotopic (exact) mass is 257 g/mol. The molecule has 0 saturated carbocycles. The number of aromatic nitrogens is 1. The van der Waals surface area contributed by atoms with Crippen molar-refractivity contribution in [1.29, 1.82) is 0 Å². The SMILES string of the molecule is O=C(c1cccs1)c1cnccc1C(F)(F)F. The van der Waals surface area contributed by atoms with Crippen LogP contribution in [0, 0.1) is 0 Å². The first-order chi connectivity index (χ1) is 8.00. The van der Waals surface area contributed by atoms with Gasteiger partial charge in [-0.15, -0.1) is 11.3 Å². The van der Waals surface area contributed by atoms with E-state index in [0.717, 1.165) is 29.8 Å². The van der Waals surface area contributed by atoms with Gasteiger partial charge >= 0.3 is 6.18 Å². The van der Waals surface area contributed by atoms with E-state index in [-0.39, 0.29) is 4.88 Å². The fourth-order valence-corrected chi connectivity index (χ4v) is 2.04. The number of rotatable bonds is 2. The van der Waals surface area contributed by atoms with Crippen molar-refractivity contribution >= 4 is 17.1 Å². The van der Waals surface area contributed by atoms with Gasteiger partial charge in [0.1, 0.15) is 0 Å². The number of carbonyl (C=O) groups is 1. The molecule has 0 N–H and O–H groups in total. The Morgan fingerprint density at radius 3 is 2.65 bits per heavy atom. The number of hydrogen-bond acceptors (Lipinski definition) is 3. The molecule has 2 nitrogen and oxygen atoms in total. The Kier molecular flexibility index (Phi) is 2.97. The molecule has 2 aromatic rings. The molecule has 0 aliphatic heterocycles. The van der Waals surface area contributed by atoms with Crippen molar-refractivity contribution in [3.8, 4) is 0 Å². The Labute approximate surface area is 98.7 Å². The molecule has 0 radical (unpaired) electrons. The number of nitrogens with zero attached hydrogens (tertiary/aromatic N) is 1. The largest absolute Gasteiger partial charge is 0.417 e. The first-order valence-corrected chi connectivity index (χ1v) is 5.47. The van der Waals surface area contributed by atoms with Crippen molar-refractivity contribution < 1.29 is 18.0 Å². The average Bonchev–Trinajstić information content (AvgIpc) is 2.80. The lowest BCUT2D eigenvalue weighted by atomic mass is 10.1. The summed E-state index contributed by atoms with van der Waals surface area (Å²) in [6.45, 7) is 0. The number of hydrogen-bond donors (Lipinski definition) is 0. The van der Waals surface area contributed by atoms with Crippen LogP contribution in [0.2, 0.25) is 0 Å². The molecule has 0 bridgehead atoms. The lowest BCUT2D eigenvalue weighted by Gasteiger charge is -2.10. The van der Waals surface area contributed by atoms with E-state index < -0.39 is 23.1 Å². The molecule has 0 atom stereocenters. The van der Waals surface area contributed by atoms with E-state index in [1.165, 1.54) is 6.07 Å². The summed E-state index contributed by atoms with van der Waals surface area (Å²) in [6.07, 6.45) is -2.58. The second kappa shape index (κ2) is 4.29. The summed E-state index contributed by atoms with van der Waals surface area (Å²) >= 11 is 1.10. The molecule has 2 rings (SSSR count). The van der Waals surface area contributed by atoms with E-state index in [9.17, 15) is 18.0 Å². The first-order valence-electron chi connectivity index (χ1n) is 4.59. The minimum atomic E-state index is -4.55. The zero-order chi connectivity index (χ0) is 12.5. The van der Waals surface area contributed by atoms with Crippen LogP contribution >= 0.6 is 11.3 Å². The fraction of sp³-hybridized carbons (Fsp3) is 0.0909. The minimum Gasteiger partial charge on any atom is -0.288 e. The van der Waals surface area contributed by atoms with Gasteiger partial charge in [-0.25, -0.2) is 0 Å². The first kappa shape index (κ1) is 11.8. The zero-order valence-electron chi connectivity index (χ0n) is 8.36. The number of carbonyl (C=O) groups excluding carboxylic acids is 1. The minimum absolute atomic E-state index is 0.267. The van der Waals surface area contributed by atoms with Gasteiger partial charge in [0, 0.05) is 12.4 Å². The summed E-state index contributed by atoms with van der Waals surface area (Å²) in [5, 5.41) is 1.64. The van der Waals surface area contributed by atoms with Gasteiger partial charge in [-0.05, 0) is 17.5 Å². The van der Waals surface area contributed by atoms with Crippen molar-refractivity contribution in [2.75, 3.05) is 0 Å². The summed E-state index contributed by atoms with van der Waals surface area (Å²) in [6, 6.07) is 3.91. The van der Waals surface area contributed by atoms with Gasteiger partial charge in [0.05, 0.1) is 16.0 Å². The van der Waals surface area contributed by atoms with Crippen LogP contribution in [-0.4, -0.2) is 10.8 Å². The molecule has 0 aromatic carbocycles. The van der Waals surface area contributed by atoms with Gasteiger partial charge in [0.2, 0.25) is 5.78 Å². The normalized spacial score (nSPS) is 11.5. The van der Waals surface area contributed by atoms with E-state index in [0.29, 0.717) is 0 Å². The fourth-order valence-electron chi connectivity index (χ4n) is 1.36. The van der Waals surface area contributed by atoms with Gasteiger partial charge in [0.15, 0.2) is 0 Å². The van der Waals surface area contributed by atoms with Gasteiger partial charge in [-0.3, -0.25) is 9.78 Å². The highest BCUT2D eigenvalue weighted by molar-refractivity contribution is 7.12. The third kappa shape index (κ3) is 2.36. The predicted molar refractivity (Wildman–Crippen MR) is 57.0 cm³/mol. The van der Waals surface area contributed by atoms with E-state index >= 15 is 0 Å². The lowest BCUT2D eigenvalue weighted by molar-refractivity contribution is -0.137. The second-order valence-electron chi connectivity index (χ2n) is 3.23. The Bertz CT molecular complexity index is 534. The third-order valence-electron chi connectivity index (χ3n) is 2.12. The van der Waals surface area contributed by atoms with Crippen LogP contribution in [0.5, 0.6) is 0 Å². The lowest BCUT2D eigenvalue weighted by Crippen LogP contribution is -2.13.